The molecule has 1 N–H and O–H groups in total. The molecular weight excluding hydrogens is 262 g/mol. The lowest BCUT2D eigenvalue weighted by Gasteiger charge is -2.16. The fourth-order valence-electron chi connectivity index (χ4n) is 2.02. The third-order valence-electron chi connectivity index (χ3n) is 2.89. The zero-order valence-electron chi connectivity index (χ0n) is 11.8. The maximum absolute atomic E-state index is 11.3. The summed E-state index contributed by atoms with van der Waals surface area (Å²) in [5.41, 5.74) is 0.379. The summed E-state index contributed by atoms with van der Waals surface area (Å²) < 4.78 is 5.24. The van der Waals surface area contributed by atoms with Gasteiger partial charge in [0, 0.05) is 6.07 Å². The SMILES string of the molecule is CCOc1cc(C(CC(C)C)C(=O)O)ccc1[N+](=O)[O-]. The summed E-state index contributed by atoms with van der Waals surface area (Å²) >= 11 is 0. The molecule has 20 heavy (non-hydrogen) atoms. The van der Waals surface area contributed by atoms with Crippen LogP contribution in [0.2, 0.25) is 0 Å². The van der Waals surface area contributed by atoms with Gasteiger partial charge in [-0.1, -0.05) is 19.9 Å². The molecule has 1 atom stereocenters. The van der Waals surface area contributed by atoms with E-state index in [9.17, 15) is 20.0 Å². The molecule has 1 unspecified atom stereocenters. The highest BCUT2D eigenvalue weighted by atomic mass is 16.6. The van der Waals surface area contributed by atoms with E-state index < -0.39 is 16.8 Å². The number of hydrogen-bond donors (Lipinski definition) is 1. The molecule has 0 radical (unpaired) electrons. The number of nitro groups is 1. The second-order valence-electron chi connectivity index (χ2n) is 4.94. The fraction of sp³-hybridized carbons (Fsp3) is 0.500. The van der Waals surface area contributed by atoms with Crippen molar-refractivity contribution >= 4 is 11.7 Å². The lowest BCUT2D eigenvalue weighted by molar-refractivity contribution is -0.385. The Hall–Kier alpha value is -2.11. The Morgan fingerprint density at radius 2 is 2.10 bits per heavy atom. The summed E-state index contributed by atoms with van der Waals surface area (Å²) in [6, 6.07) is 4.25. The first-order valence-electron chi connectivity index (χ1n) is 6.50. The number of carboxylic acids is 1. The van der Waals surface area contributed by atoms with Crippen molar-refractivity contribution in [3.63, 3.8) is 0 Å². The molecule has 1 aromatic rings. The van der Waals surface area contributed by atoms with Crippen molar-refractivity contribution in [1.82, 2.24) is 0 Å². The van der Waals surface area contributed by atoms with Gasteiger partial charge >= 0.3 is 11.7 Å². The standard InChI is InChI=1S/C14H19NO5/c1-4-20-13-8-10(5-6-12(13)15(18)19)11(14(16)17)7-9(2)3/h5-6,8-9,11H,4,7H2,1-3H3,(H,16,17). The highest BCUT2D eigenvalue weighted by molar-refractivity contribution is 5.76. The van der Waals surface area contributed by atoms with Crippen LogP contribution in [0.4, 0.5) is 5.69 Å². The number of rotatable bonds is 7. The van der Waals surface area contributed by atoms with Crippen LogP contribution in [0.25, 0.3) is 0 Å². The van der Waals surface area contributed by atoms with E-state index >= 15 is 0 Å². The molecule has 0 saturated carbocycles. The first kappa shape index (κ1) is 15.9. The van der Waals surface area contributed by atoms with Gasteiger partial charge in [-0.25, -0.2) is 0 Å². The third-order valence-corrected chi connectivity index (χ3v) is 2.89. The number of aliphatic carboxylic acids is 1. The van der Waals surface area contributed by atoms with E-state index in [0.29, 0.717) is 12.0 Å². The van der Waals surface area contributed by atoms with Gasteiger partial charge in [0.15, 0.2) is 5.75 Å². The van der Waals surface area contributed by atoms with Crippen LogP contribution in [-0.2, 0) is 4.79 Å². The number of ether oxygens (including phenoxy) is 1. The van der Waals surface area contributed by atoms with Crippen LogP contribution in [0.5, 0.6) is 5.75 Å². The summed E-state index contributed by atoms with van der Waals surface area (Å²) in [5, 5.41) is 20.2. The molecule has 1 aromatic carbocycles. The summed E-state index contributed by atoms with van der Waals surface area (Å²) in [6.07, 6.45) is 0.471. The summed E-state index contributed by atoms with van der Waals surface area (Å²) in [5.74, 6) is -1.29. The van der Waals surface area contributed by atoms with E-state index in [-0.39, 0.29) is 24.0 Å². The van der Waals surface area contributed by atoms with Gasteiger partial charge in [0.1, 0.15) is 0 Å². The second kappa shape index (κ2) is 6.88. The van der Waals surface area contributed by atoms with Crippen molar-refractivity contribution in [2.75, 3.05) is 6.61 Å². The molecular formula is C14H19NO5. The van der Waals surface area contributed by atoms with Gasteiger partial charge in [-0.3, -0.25) is 14.9 Å². The number of carbonyl (C=O) groups is 1. The minimum atomic E-state index is -0.935. The van der Waals surface area contributed by atoms with E-state index in [0.717, 1.165) is 0 Å². The molecule has 6 nitrogen and oxygen atoms in total. The third kappa shape index (κ3) is 3.94. The Morgan fingerprint density at radius 3 is 2.55 bits per heavy atom. The molecule has 0 aliphatic carbocycles. The lowest BCUT2D eigenvalue weighted by atomic mass is 9.90. The number of nitro benzene ring substituents is 1. The minimum Gasteiger partial charge on any atom is -0.487 e. The van der Waals surface area contributed by atoms with Gasteiger partial charge in [0.25, 0.3) is 0 Å². The normalized spacial score (nSPS) is 12.2. The van der Waals surface area contributed by atoms with Gasteiger partial charge in [-0.05, 0) is 30.9 Å². The molecule has 0 aromatic heterocycles. The van der Waals surface area contributed by atoms with E-state index in [1.807, 2.05) is 13.8 Å². The molecule has 0 amide bonds. The minimum absolute atomic E-state index is 0.116. The zero-order valence-corrected chi connectivity index (χ0v) is 11.8. The molecule has 0 bridgehead atoms. The predicted octanol–water partition coefficient (Wildman–Crippen LogP) is 3.21. The maximum atomic E-state index is 11.3. The molecule has 0 aliphatic heterocycles. The number of hydrogen-bond acceptors (Lipinski definition) is 4. The highest BCUT2D eigenvalue weighted by Crippen LogP contribution is 2.33. The summed E-state index contributed by atoms with van der Waals surface area (Å²) in [6.45, 7) is 5.88. The molecule has 110 valence electrons. The molecule has 0 saturated heterocycles. The average Bonchev–Trinajstić information content (AvgIpc) is 2.35. The Bertz CT molecular complexity index is 498. The van der Waals surface area contributed by atoms with Crippen LogP contribution in [0.1, 0.15) is 38.7 Å². The fourth-order valence-corrected chi connectivity index (χ4v) is 2.02. The molecule has 0 heterocycles. The monoisotopic (exact) mass is 281 g/mol. The van der Waals surface area contributed by atoms with Crippen LogP contribution >= 0.6 is 0 Å². The number of benzene rings is 1. The van der Waals surface area contributed by atoms with E-state index in [4.69, 9.17) is 4.74 Å². The van der Waals surface area contributed by atoms with E-state index in [2.05, 4.69) is 0 Å². The Labute approximate surface area is 117 Å². The zero-order chi connectivity index (χ0) is 15.3. The quantitative estimate of drug-likeness (QED) is 0.612. The van der Waals surface area contributed by atoms with Crippen LogP contribution < -0.4 is 4.74 Å². The van der Waals surface area contributed by atoms with Crippen LogP contribution in [-0.4, -0.2) is 22.6 Å². The van der Waals surface area contributed by atoms with Gasteiger partial charge in [0.05, 0.1) is 17.4 Å². The van der Waals surface area contributed by atoms with Crippen LogP contribution in [0, 0.1) is 16.0 Å². The Morgan fingerprint density at radius 1 is 1.45 bits per heavy atom. The van der Waals surface area contributed by atoms with Crippen molar-refractivity contribution in [2.45, 2.75) is 33.1 Å². The topological polar surface area (TPSA) is 89.7 Å². The molecule has 6 heteroatoms. The van der Waals surface area contributed by atoms with Crippen LogP contribution in [0.15, 0.2) is 18.2 Å². The first-order chi connectivity index (χ1) is 9.36. The Balaban J connectivity index is 3.20. The molecule has 0 spiro atoms. The maximum Gasteiger partial charge on any atom is 0.310 e. The summed E-state index contributed by atoms with van der Waals surface area (Å²) in [7, 11) is 0. The predicted molar refractivity (Wildman–Crippen MR) is 74.1 cm³/mol. The Kier molecular flexibility index (Phi) is 5.49. The molecule has 1 rings (SSSR count). The molecule has 0 aliphatic rings. The van der Waals surface area contributed by atoms with Gasteiger partial charge < -0.3 is 9.84 Å². The number of nitrogens with zero attached hydrogens (tertiary/aromatic N) is 1. The number of carboxylic acid groups (broad SMARTS) is 1. The average molecular weight is 281 g/mol. The van der Waals surface area contributed by atoms with Crippen molar-refractivity contribution < 1.29 is 19.6 Å². The lowest BCUT2D eigenvalue weighted by Crippen LogP contribution is -2.14. The second-order valence-corrected chi connectivity index (χ2v) is 4.94. The van der Waals surface area contributed by atoms with E-state index in [1.165, 1.54) is 18.2 Å². The van der Waals surface area contributed by atoms with Crippen molar-refractivity contribution in [2.24, 2.45) is 5.92 Å². The highest BCUT2D eigenvalue weighted by Gasteiger charge is 2.24. The van der Waals surface area contributed by atoms with Gasteiger partial charge in [-0.15, -0.1) is 0 Å². The van der Waals surface area contributed by atoms with Gasteiger partial charge in [-0.2, -0.15) is 0 Å². The first-order valence-corrected chi connectivity index (χ1v) is 6.50. The van der Waals surface area contributed by atoms with Crippen molar-refractivity contribution in [1.29, 1.82) is 0 Å². The summed E-state index contributed by atoms with van der Waals surface area (Å²) in [4.78, 5) is 21.7. The smallest absolute Gasteiger partial charge is 0.310 e. The van der Waals surface area contributed by atoms with Crippen LogP contribution in [0.3, 0.4) is 0 Å². The van der Waals surface area contributed by atoms with Crippen molar-refractivity contribution in [3.05, 3.63) is 33.9 Å². The molecule has 0 fully saturated rings. The largest absolute Gasteiger partial charge is 0.487 e. The van der Waals surface area contributed by atoms with Gasteiger partial charge in [0.2, 0.25) is 0 Å². The van der Waals surface area contributed by atoms with Crippen molar-refractivity contribution in [3.8, 4) is 5.75 Å². The van der Waals surface area contributed by atoms with E-state index in [1.54, 1.807) is 6.92 Å².